The lowest BCUT2D eigenvalue weighted by Crippen LogP contribution is -2.15. The van der Waals surface area contributed by atoms with Crippen LogP contribution in [0.1, 0.15) is 40.6 Å². The van der Waals surface area contributed by atoms with Crippen molar-refractivity contribution in [2.24, 2.45) is 0 Å². The number of aryl methyl sites for hydroxylation is 1. The molecule has 1 aromatic heterocycles. The van der Waals surface area contributed by atoms with Crippen LogP contribution in [0.4, 0.5) is 5.00 Å². The molecule has 0 aliphatic heterocycles. The van der Waals surface area contributed by atoms with Gasteiger partial charge in [-0.15, -0.1) is 11.3 Å². The van der Waals surface area contributed by atoms with Gasteiger partial charge in [0.2, 0.25) is 0 Å². The smallest absolute Gasteiger partial charge is 0.341 e. The van der Waals surface area contributed by atoms with E-state index in [1.807, 2.05) is 25.9 Å². The van der Waals surface area contributed by atoms with E-state index in [4.69, 9.17) is 4.74 Å². The van der Waals surface area contributed by atoms with Gasteiger partial charge >= 0.3 is 5.97 Å². The van der Waals surface area contributed by atoms with Crippen LogP contribution in [-0.2, 0) is 17.6 Å². The zero-order valence-corrected chi connectivity index (χ0v) is 11.5. The van der Waals surface area contributed by atoms with Crippen LogP contribution in [0.2, 0.25) is 0 Å². The fourth-order valence-corrected chi connectivity index (χ4v) is 3.58. The van der Waals surface area contributed by atoms with Crippen LogP contribution in [0.5, 0.6) is 0 Å². The Bertz CT molecular complexity index is 423. The second-order valence-corrected chi connectivity index (χ2v) is 5.59. The van der Waals surface area contributed by atoms with Gasteiger partial charge in [0, 0.05) is 19.0 Å². The van der Waals surface area contributed by atoms with Crippen molar-refractivity contribution in [3.8, 4) is 0 Å². The van der Waals surface area contributed by atoms with E-state index in [2.05, 4.69) is 0 Å². The average Bonchev–Trinajstić information content (AvgIpc) is 2.68. The molecule has 0 radical (unpaired) electrons. The van der Waals surface area contributed by atoms with Crippen LogP contribution in [0, 0.1) is 0 Å². The maximum Gasteiger partial charge on any atom is 0.341 e. The summed E-state index contributed by atoms with van der Waals surface area (Å²) < 4.78 is 5.18. The summed E-state index contributed by atoms with van der Waals surface area (Å²) >= 11 is 1.75. The van der Waals surface area contributed by atoms with Gasteiger partial charge in [-0.1, -0.05) is 0 Å². The van der Waals surface area contributed by atoms with E-state index in [9.17, 15) is 4.79 Å². The minimum atomic E-state index is -0.157. The molecule has 3 nitrogen and oxygen atoms in total. The third-order valence-electron chi connectivity index (χ3n) is 3.04. The van der Waals surface area contributed by atoms with Gasteiger partial charge in [-0.05, 0) is 38.2 Å². The normalized spacial score (nSPS) is 14.3. The summed E-state index contributed by atoms with van der Waals surface area (Å²) in [4.78, 5) is 15.5. The molecular weight excluding hydrogens is 234 g/mol. The summed E-state index contributed by atoms with van der Waals surface area (Å²) in [6.45, 7) is 2.29. The summed E-state index contributed by atoms with van der Waals surface area (Å²) in [6.07, 6.45) is 4.56. The Labute approximate surface area is 106 Å². The fraction of sp³-hybridized carbons (Fsp3) is 0.615. The highest BCUT2D eigenvalue weighted by Gasteiger charge is 2.26. The summed E-state index contributed by atoms with van der Waals surface area (Å²) in [5.41, 5.74) is 2.06. The van der Waals surface area contributed by atoms with Crippen molar-refractivity contribution in [1.29, 1.82) is 0 Å². The number of ether oxygens (including phenoxy) is 1. The number of fused-ring (bicyclic) bond motifs is 1. The van der Waals surface area contributed by atoms with Gasteiger partial charge in [-0.2, -0.15) is 0 Å². The first-order valence-electron chi connectivity index (χ1n) is 6.14. The molecule has 0 aromatic carbocycles. The van der Waals surface area contributed by atoms with E-state index in [1.54, 1.807) is 11.3 Å². The van der Waals surface area contributed by atoms with Crippen molar-refractivity contribution < 1.29 is 9.53 Å². The van der Waals surface area contributed by atoms with E-state index in [0.29, 0.717) is 6.61 Å². The molecule has 0 unspecified atom stereocenters. The highest BCUT2D eigenvalue weighted by Crippen LogP contribution is 2.39. The summed E-state index contributed by atoms with van der Waals surface area (Å²) in [7, 11) is 3.97. The minimum Gasteiger partial charge on any atom is -0.462 e. The number of hydrogen-bond acceptors (Lipinski definition) is 4. The first-order valence-corrected chi connectivity index (χ1v) is 6.95. The van der Waals surface area contributed by atoms with Crippen LogP contribution in [-0.4, -0.2) is 26.7 Å². The molecule has 2 rings (SSSR count). The molecule has 1 aliphatic rings. The Morgan fingerprint density at radius 3 is 2.71 bits per heavy atom. The second-order valence-electron chi connectivity index (χ2n) is 4.51. The third kappa shape index (κ3) is 2.32. The summed E-state index contributed by atoms with van der Waals surface area (Å²) in [5.74, 6) is -0.157. The molecule has 94 valence electrons. The van der Waals surface area contributed by atoms with Crippen molar-refractivity contribution >= 4 is 22.3 Å². The molecule has 0 N–H and O–H groups in total. The predicted octanol–water partition coefficient (Wildman–Crippen LogP) is 2.87. The number of thiophene rings is 1. The van der Waals surface area contributed by atoms with Gasteiger partial charge in [0.1, 0.15) is 5.00 Å². The molecule has 0 saturated carbocycles. The minimum absolute atomic E-state index is 0.157. The lowest BCUT2D eigenvalue weighted by atomic mass is 9.95. The van der Waals surface area contributed by atoms with Crippen LogP contribution in [0.25, 0.3) is 0 Å². The van der Waals surface area contributed by atoms with E-state index in [0.717, 1.165) is 23.4 Å². The van der Waals surface area contributed by atoms with E-state index < -0.39 is 0 Å². The van der Waals surface area contributed by atoms with Gasteiger partial charge < -0.3 is 9.64 Å². The molecule has 1 heterocycles. The molecule has 0 bridgehead atoms. The number of rotatable bonds is 3. The summed E-state index contributed by atoms with van der Waals surface area (Å²) in [5, 5.41) is 1.05. The van der Waals surface area contributed by atoms with Crippen LogP contribution < -0.4 is 4.90 Å². The van der Waals surface area contributed by atoms with Crippen LogP contribution in [0.3, 0.4) is 0 Å². The van der Waals surface area contributed by atoms with Gasteiger partial charge in [0.05, 0.1) is 12.2 Å². The molecule has 0 spiro atoms. The number of hydrogen-bond donors (Lipinski definition) is 0. The first kappa shape index (κ1) is 12.4. The Morgan fingerprint density at radius 2 is 2.06 bits per heavy atom. The second kappa shape index (κ2) is 5.08. The molecule has 4 heteroatoms. The number of carbonyl (C=O) groups excluding carboxylic acids is 1. The highest BCUT2D eigenvalue weighted by molar-refractivity contribution is 7.16. The molecular formula is C13H19NO2S. The fourth-order valence-electron chi connectivity index (χ4n) is 2.28. The van der Waals surface area contributed by atoms with Crippen LogP contribution >= 0.6 is 11.3 Å². The Hall–Kier alpha value is -1.03. The zero-order chi connectivity index (χ0) is 12.4. The SMILES string of the molecule is CCOC(=O)c1c(N(C)C)sc2c1CCCC2. The molecule has 0 amide bonds. The quantitative estimate of drug-likeness (QED) is 0.776. The lowest BCUT2D eigenvalue weighted by Gasteiger charge is -2.14. The third-order valence-corrected chi connectivity index (χ3v) is 4.50. The van der Waals surface area contributed by atoms with Crippen molar-refractivity contribution in [2.75, 3.05) is 25.6 Å². The zero-order valence-electron chi connectivity index (χ0n) is 10.7. The van der Waals surface area contributed by atoms with Crippen molar-refractivity contribution in [3.05, 3.63) is 16.0 Å². The molecule has 0 saturated heterocycles. The molecule has 1 aliphatic carbocycles. The standard InChI is InChI=1S/C13H19NO2S/c1-4-16-13(15)11-9-7-5-6-8-10(9)17-12(11)14(2)3/h4-8H2,1-3H3. The monoisotopic (exact) mass is 253 g/mol. The Morgan fingerprint density at radius 1 is 1.35 bits per heavy atom. The molecule has 17 heavy (non-hydrogen) atoms. The first-order chi connectivity index (χ1) is 8.15. The lowest BCUT2D eigenvalue weighted by molar-refractivity contribution is 0.0526. The Kier molecular flexibility index (Phi) is 3.72. The molecule has 0 fully saturated rings. The molecule has 0 atom stereocenters. The number of esters is 1. The van der Waals surface area contributed by atoms with Crippen LogP contribution in [0.15, 0.2) is 0 Å². The van der Waals surface area contributed by atoms with Crippen molar-refractivity contribution in [1.82, 2.24) is 0 Å². The van der Waals surface area contributed by atoms with E-state index in [1.165, 1.54) is 23.3 Å². The topological polar surface area (TPSA) is 29.5 Å². The largest absolute Gasteiger partial charge is 0.462 e. The predicted molar refractivity (Wildman–Crippen MR) is 71.2 cm³/mol. The van der Waals surface area contributed by atoms with Gasteiger partial charge in [-0.3, -0.25) is 0 Å². The average molecular weight is 253 g/mol. The number of nitrogens with zero attached hydrogens (tertiary/aromatic N) is 1. The van der Waals surface area contributed by atoms with Crippen molar-refractivity contribution in [3.63, 3.8) is 0 Å². The maximum absolute atomic E-state index is 12.1. The maximum atomic E-state index is 12.1. The van der Waals surface area contributed by atoms with Crippen molar-refractivity contribution in [2.45, 2.75) is 32.6 Å². The highest BCUT2D eigenvalue weighted by atomic mass is 32.1. The summed E-state index contributed by atoms with van der Waals surface area (Å²) in [6, 6.07) is 0. The number of carbonyl (C=O) groups is 1. The van der Waals surface area contributed by atoms with Gasteiger partial charge in [0.15, 0.2) is 0 Å². The van der Waals surface area contributed by atoms with Gasteiger partial charge in [-0.25, -0.2) is 4.79 Å². The number of anilines is 1. The van der Waals surface area contributed by atoms with E-state index in [-0.39, 0.29) is 5.97 Å². The van der Waals surface area contributed by atoms with E-state index >= 15 is 0 Å². The Balaban J connectivity index is 2.45. The van der Waals surface area contributed by atoms with Gasteiger partial charge in [0.25, 0.3) is 0 Å². The molecule has 1 aromatic rings.